The average Bonchev–Trinajstić information content (AvgIpc) is 2.47. The summed E-state index contributed by atoms with van der Waals surface area (Å²) in [6, 6.07) is 12.7. The van der Waals surface area contributed by atoms with Crippen molar-refractivity contribution in [1.82, 2.24) is 9.88 Å². The number of hydrogen-bond acceptors (Lipinski definition) is 2. The first-order chi connectivity index (χ1) is 10.0. The average molecular weight is 292 g/mol. The Hall–Kier alpha value is -1.88. The van der Waals surface area contributed by atoms with E-state index in [1.54, 1.807) is 6.07 Å². The van der Waals surface area contributed by atoms with Crippen LogP contribution in [0.4, 0.5) is 13.2 Å². The number of aromatic nitrogens is 1. The van der Waals surface area contributed by atoms with E-state index in [4.69, 9.17) is 0 Å². The molecule has 0 spiro atoms. The summed E-state index contributed by atoms with van der Waals surface area (Å²) < 4.78 is 37.9. The largest absolute Gasteiger partial charge is 0.433 e. The Kier molecular flexibility index (Phi) is 3.68. The molecule has 0 amide bonds. The number of pyridine rings is 1. The van der Waals surface area contributed by atoms with Gasteiger partial charge < -0.3 is 0 Å². The Morgan fingerprint density at radius 1 is 1.05 bits per heavy atom. The molecule has 1 aromatic carbocycles. The number of halogens is 3. The van der Waals surface area contributed by atoms with Crippen molar-refractivity contribution >= 4 is 0 Å². The predicted octanol–water partition coefficient (Wildman–Crippen LogP) is 3.66. The van der Waals surface area contributed by atoms with Crippen molar-refractivity contribution in [2.75, 3.05) is 6.54 Å². The van der Waals surface area contributed by atoms with E-state index in [9.17, 15) is 13.2 Å². The van der Waals surface area contributed by atoms with E-state index in [0.29, 0.717) is 18.7 Å². The van der Waals surface area contributed by atoms with Crippen LogP contribution < -0.4 is 0 Å². The van der Waals surface area contributed by atoms with E-state index >= 15 is 0 Å². The fraction of sp³-hybridized carbons (Fsp3) is 0.312. The molecule has 1 aromatic heterocycles. The zero-order chi connectivity index (χ0) is 14.9. The normalized spacial score (nSPS) is 15.8. The maximum Gasteiger partial charge on any atom is 0.433 e. The Labute approximate surface area is 121 Å². The lowest BCUT2D eigenvalue weighted by atomic mass is 10.0. The first kappa shape index (κ1) is 14.1. The fourth-order valence-electron chi connectivity index (χ4n) is 2.61. The van der Waals surface area contributed by atoms with E-state index in [-0.39, 0.29) is 0 Å². The third-order valence-corrected chi connectivity index (χ3v) is 3.67. The Morgan fingerprint density at radius 2 is 1.81 bits per heavy atom. The SMILES string of the molecule is FC(F)(F)c1ccc2c(n1)CCN(Cc1ccccc1)C2. The molecular weight excluding hydrogens is 277 g/mol. The van der Waals surface area contributed by atoms with E-state index in [1.165, 1.54) is 5.56 Å². The van der Waals surface area contributed by atoms with Crippen LogP contribution in [0.2, 0.25) is 0 Å². The highest BCUT2D eigenvalue weighted by molar-refractivity contribution is 5.27. The number of nitrogens with zero attached hydrogens (tertiary/aromatic N) is 2. The van der Waals surface area contributed by atoms with E-state index in [2.05, 4.69) is 22.0 Å². The van der Waals surface area contributed by atoms with Crippen LogP contribution >= 0.6 is 0 Å². The van der Waals surface area contributed by atoms with E-state index in [0.717, 1.165) is 24.7 Å². The van der Waals surface area contributed by atoms with Gasteiger partial charge in [-0.15, -0.1) is 0 Å². The maximum absolute atomic E-state index is 12.6. The number of fused-ring (bicyclic) bond motifs is 1. The smallest absolute Gasteiger partial charge is 0.294 e. The summed E-state index contributed by atoms with van der Waals surface area (Å²) in [4.78, 5) is 6.00. The highest BCUT2D eigenvalue weighted by atomic mass is 19.4. The first-order valence-corrected chi connectivity index (χ1v) is 6.84. The zero-order valence-corrected chi connectivity index (χ0v) is 11.4. The van der Waals surface area contributed by atoms with E-state index in [1.807, 2.05) is 18.2 Å². The molecule has 0 bridgehead atoms. The number of benzene rings is 1. The molecule has 0 saturated carbocycles. The van der Waals surface area contributed by atoms with Gasteiger partial charge in [-0.2, -0.15) is 13.2 Å². The van der Waals surface area contributed by atoms with Crippen molar-refractivity contribution in [3.63, 3.8) is 0 Å². The molecule has 110 valence electrons. The summed E-state index contributed by atoms with van der Waals surface area (Å²) in [7, 11) is 0. The van der Waals surface area contributed by atoms with Crippen LogP contribution in [0.25, 0.3) is 0 Å². The molecule has 2 heterocycles. The third-order valence-electron chi connectivity index (χ3n) is 3.67. The first-order valence-electron chi connectivity index (χ1n) is 6.84. The van der Waals surface area contributed by atoms with Gasteiger partial charge in [0.2, 0.25) is 0 Å². The molecular formula is C16H15F3N2. The van der Waals surface area contributed by atoms with Gasteiger partial charge in [0.05, 0.1) is 0 Å². The molecule has 0 saturated heterocycles. The standard InChI is InChI=1S/C16H15F3N2/c17-16(18,19)15-7-6-13-11-21(9-8-14(13)20-15)10-12-4-2-1-3-5-12/h1-7H,8-11H2. The summed E-state index contributed by atoms with van der Waals surface area (Å²) in [5, 5.41) is 0. The van der Waals surface area contributed by atoms with Crippen LogP contribution in [0.5, 0.6) is 0 Å². The van der Waals surface area contributed by atoms with Crippen molar-refractivity contribution < 1.29 is 13.2 Å². The molecule has 2 aromatic rings. The molecule has 1 aliphatic heterocycles. The summed E-state index contributed by atoms with van der Waals surface area (Å²) in [5.74, 6) is 0. The minimum absolute atomic E-state index is 0.562. The molecule has 3 rings (SSSR count). The number of rotatable bonds is 2. The summed E-state index contributed by atoms with van der Waals surface area (Å²) >= 11 is 0. The van der Waals surface area contributed by atoms with Crippen LogP contribution in [-0.4, -0.2) is 16.4 Å². The highest BCUT2D eigenvalue weighted by Gasteiger charge is 2.33. The van der Waals surface area contributed by atoms with Crippen molar-refractivity contribution in [1.29, 1.82) is 0 Å². The highest BCUT2D eigenvalue weighted by Crippen LogP contribution is 2.29. The van der Waals surface area contributed by atoms with Crippen molar-refractivity contribution in [2.45, 2.75) is 25.7 Å². The van der Waals surface area contributed by atoms with Crippen molar-refractivity contribution in [2.24, 2.45) is 0 Å². The molecule has 0 aliphatic carbocycles. The molecule has 0 N–H and O–H groups in total. The third kappa shape index (κ3) is 3.24. The minimum Gasteiger partial charge on any atom is -0.294 e. The lowest BCUT2D eigenvalue weighted by molar-refractivity contribution is -0.141. The van der Waals surface area contributed by atoms with Crippen LogP contribution in [0, 0.1) is 0 Å². The van der Waals surface area contributed by atoms with Gasteiger partial charge in [0.25, 0.3) is 0 Å². The number of hydrogen-bond donors (Lipinski definition) is 0. The molecule has 0 radical (unpaired) electrons. The number of alkyl halides is 3. The summed E-state index contributed by atoms with van der Waals surface area (Å²) in [6.45, 7) is 2.19. The Morgan fingerprint density at radius 3 is 2.52 bits per heavy atom. The lowest BCUT2D eigenvalue weighted by Crippen LogP contribution is -2.31. The van der Waals surface area contributed by atoms with Crippen LogP contribution in [0.1, 0.15) is 22.5 Å². The van der Waals surface area contributed by atoms with Gasteiger partial charge >= 0.3 is 6.18 Å². The van der Waals surface area contributed by atoms with Gasteiger partial charge in [-0.05, 0) is 17.2 Å². The molecule has 21 heavy (non-hydrogen) atoms. The zero-order valence-electron chi connectivity index (χ0n) is 11.4. The Bertz CT molecular complexity index is 623. The fourth-order valence-corrected chi connectivity index (χ4v) is 2.61. The van der Waals surface area contributed by atoms with Crippen LogP contribution in [0.3, 0.4) is 0 Å². The molecule has 0 atom stereocenters. The lowest BCUT2D eigenvalue weighted by Gasteiger charge is -2.28. The molecule has 2 nitrogen and oxygen atoms in total. The molecule has 0 fully saturated rings. The molecule has 0 unspecified atom stereocenters. The van der Waals surface area contributed by atoms with Gasteiger partial charge in [-0.1, -0.05) is 36.4 Å². The monoisotopic (exact) mass is 292 g/mol. The van der Waals surface area contributed by atoms with Gasteiger partial charge in [-0.25, -0.2) is 4.98 Å². The molecule has 1 aliphatic rings. The van der Waals surface area contributed by atoms with Crippen LogP contribution in [0.15, 0.2) is 42.5 Å². The van der Waals surface area contributed by atoms with E-state index < -0.39 is 11.9 Å². The van der Waals surface area contributed by atoms with Gasteiger partial charge in [-0.3, -0.25) is 4.90 Å². The molecule has 5 heteroatoms. The minimum atomic E-state index is -4.36. The van der Waals surface area contributed by atoms with Gasteiger partial charge in [0, 0.05) is 31.7 Å². The predicted molar refractivity (Wildman–Crippen MR) is 73.5 cm³/mol. The second-order valence-electron chi connectivity index (χ2n) is 5.25. The quantitative estimate of drug-likeness (QED) is 0.840. The summed E-state index contributed by atoms with van der Waals surface area (Å²) in [6.07, 6.45) is -3.80. The van der Waals surface area contributed by atoms with Crippen molar-refractivity contribution in [3.05, 3.63) is 65.0 Å². The Balaban J connectivity index is 1.74. The maximum atomic E-state index is 12.6. The second-order valence-corrected chi connectivity index (χ2v) is 5.25. The van der Waals surface area contributed by atoms with Gasteiger partial charge in [0.15, 0.2) is 0 Å². The van der Waals surface area contributed by atoms with Gasteiger partial charge in [0.1, 0.15) is 5.69 Å². The van der Waals surface area contributed by atoms with Crippen molar-refractivity contribution in [3.8, 4) is 0 Å². The second kappa shape index (κ2) is 5.48. The topological polar surface area (TPSA) is 16.1 Å². The van der Waals surface area contributed by atoms with Crippen LogP contribution in [-0.2, 0) is 25.7 Å². The summed E-state index contributed by atoms with van der Waals surface area (Å²) in [5.41, 5.74) is 1.89.